The SMILES string of the molecule is COc1ccc(OC)c(Nc2ncnc3scc(-c4cccc([N+](=O)[O-])c4)c23)c1. The van der Waals surface area contributed by atoms with Crippen LogP contribution in [0.3, 0.4) is 0 Å². The van der Waals surface area contributed by atoms with E-state index in [1.807, 2.05) is 17.5 Å². The van der Waals surface area contributed by atoms with Gasteiger partial charge in [-0.3, -0.25) is 10.1 Å². The van der Waals surface area contributed by atoms with Crippen molar-refractivity contribution in [3.8, 4) is 22.6 Å². The molecule has 0 spiro atoms. The van der Waals surface area contributed by atoms with Gasteiger partial charge in [0.2, 0.25) is 0 Å². The lowest BCUT2D eigenvalue weighted by Crippen LogP contribution is -1.99. The molecule has 2 heterocycles. The summed E-state index contributed by atoms with van der Waals surface area (Å²) in [6.07, 6.45) is 1.48. The van der Waals surface area contributed by atoms with Gasteiger partial charge < -0.3 is 14.8 Å². The number of nitro benzene ring substituents is 1. The lowest BCUT2D eigenvalue weighted by molar-refractivity contribution is -0.384. The molecule has 0 aliphatic heterocycles. The van der Waals surface area contributed by atoms with Crippen molar-refractivity contribution in [2.75, 3.05) is 19.5 Å². The maximum absolute atomic E-state index is 11.2. The molecule has 1 N–H and O–H groups in total. The predicted octanol–water partition coefficient (Wildman–Crippen LogP) is 5.03. The van der Waals surface area contributed by atoms with Gasteiger partial charge in [0, 0.05) is 29.1 Å². The number of ether oxygens (including phenoxy) is 2. The van der Waals surface area contributed by atoms with Gasteiger partial charge in [-0.1, -0.05) is 12.1 Å². The number of nitrogens with zero attached hydrogens (tertiary/aromatic N) is 3. The van der Waals surface area contributed by atoms with E-state index in [-0.39, 0.29) is 5.69 Å². The topological polar surface area (TPSA) is 99.4 Å². The third-order valence-corrected chi connectivity index (χ3v) is 5.28. The van der Waals surface area contributed by atoms with Crippen LogP contribution in [0.4, 0.5) is 17.2 Å². The molecule has 0 aliphatic rings. The fraction of sp³-hybridized carbons (Fsp3) is 0.100. The van der Waals surface area contributed by atoms with Crippen LogP contribution in [0, 0.1) is 10.1 Å². The van der Waals surface area contributed by atoms with Crippen molar-refractivity contribution in [2.24, 2.45) is 0 Å². The Hall–Kier alpha value is -3.72. The summed E-state index contributed by atoms with van der Waals surface area (Å²) in [6.45, 7) is 0. The van der Waals surface area contributed by atoms with Crippen LogP contribution in [0.25, 0.3) is 21.3 Å². The van der Waals surface area contributed by atoms with Gasteiger partial charge in [-0.15, -0.1) is 11.3 Å². The van der Waals surface area contributed by atoms with E-state index >= 15 is 0 Å². The smallest absolute Gasteiger partial charge is 0.270 e. The van der Waals surface area contributed by atoms with Crippen LogP contribution >= 0.6 is 11.3 Å². The van der Waals surface area contributed by atoms with E-state index < -0.39 is 4.92 Å². The van der Waals surface area contributed by atoms with Gasteiger partial charge in [0.25, 0.3) is 5.69 Å². The summed E-state index contributed by atoms with van der Waals surface area (Å²) in [5, 5.41) is 17.2. The average Bonchev–Trinajstić information content (AvgIpc) is 3.19. The Morgan fingerprint density at radius 1 is 1.10 bits per heavy atom. The Labute approximate surface area is 169 Å². The first-order chi connectivity index (χ1) is 14.1. The number of anilines is 2. The van der Waals surface area contributed by atoms with Crippen LogP contribution in [0.1, 0.15) is 0 Å². The maximum Gasteiger partial charge on any atom is 0.270 e. The van der Waals surface area contributed by atoms with Gasteiger partial charge in [0.15, 0.2) is 0 Å². The number of rotatable bonds is 6. The van der Waals surface area contributed by atoms with Crippen LogP contribution in [0.5, 0.6) is 11.5 Å². The molecule has 0 radical (unpaired) electrons. The Morgan fingerprint density at radius 2 is 1.97 bits per heavy atom. The highest BCUT2D eigenvalue weighted by atomic mass is 32.1. The fourth-order valence-electron chi connectivity index (χ4n) is 3.01. The zero-order chi connectivity index (χ0) is 20.4. The number of thiophene rings is 1. The summed E-state index contributed by atoms with van der Waals surface area (Å²) in [5.74, 6) is 1.87. The molecule has 0 bridgehead atoms. The second-order valence-electron chi connectivity index (χ2n) is 6.05. The molecular formula is C20H16N4O4S. The quantitative estimate of drug-likeness (QED) is 0.353. The Balaban J connectivity index is 1.84. The van der Waals surface area contributed by atoms with Gasteiger partial charge in [-0.05, 0) is 17.7 Å². The van der Waals surface area contributed by atoms with Gasteiger partial charge in [0.1, 0.15) is 28.5 Å². The monoisotopic (exact) mass is 408 g/mol. The number of nitrogens with one attached hydrogen (secondary N) is 1. The van der Waals surface area contributed by atoms with Crippen molar-refractivity contribution in [1.29, 1.82) is 0 Å². The largest absolute Gasteiger partial charge is 0.497 e. The van der Waals surface area contributed by atoms with Crippen molar-refractivity contribution in [3.05, 3.63) is 64.3 Å². The predicted molar refractivity (Wildman–Crippen MR) is 112 cm³/mol. The molecule has 8 nitrogen and oxygen atoms in total. The first-order valence-corrected chi connectivity index (χ1v) is 9.44. The minimum absolute atomic E-state index is 0.0303. The van der Waals surface area contributed by atoms with Crippen molar-refractivity contribution in [3.63, 3.8) is 0 Å². The minimum Gasteiger partial charge on any atom is -0.497 e. The number of benzene rings is 2. The summed E-state index contributed by atoms with van der Waals surface area (Å²) in [6, 6.07) is 11.9. The van der Waals surface area contributed by atoms with E-state index in [2.05, 4.69) is 15.3 Å². The number of non-ortho nitro benzene ring substituents is 1. The van der Waals surface area contributed by atoms with E-state index in [0.717, 1.165) is 21.3 Å². The number of hydrogen-bond acceptors (Lipinski definition) is 8. The van der Waals surface area contributed by atoms with Crippen LogP contribution in [-0.2, 0) is 0 Å². The lowest BCUT2D eigenvalue weighted by atomic mass is 10.1. The van der Waals surface area contributed by atoms with E-state index in [4.69, 9.17) is 9.47 Å². The third-order valence-electron chi connectivity index (χ3n) is 4.40. The molecular weight excluding hydrogens is 392 g/mol. The average molecular weight is 408 g/mol. The van der Waals surface area contributed by atoms with Crippen LogP contribution < -0.4 is 14.8 Å². The van der Waals surface area contributed by atoms with E-state index in [9.17, 15) is 10.1 Å². The molecule has 4 aromatic rings. The number of fused-ring (bicyclic) bond motifs is 1. The minimum atomic E-state index is -0.408. The zero-order valence-electron chi connectivity index (χ0n) is 15.6. The van der Waals surface area contributed by atoms with Gasteiger partial charge in [0.05, 0.1) is 30.2 Å². The molecule has 2 aromatic heterocycles. The molecule has 2 aromatic carbocycles. The third kappa shape index (κ3) is 3.55. The number of methoxy groups -OCH3 is 2. The molecule has 0 saturated heterocycles. The molecule has 9 heteroatoms. The molecule has 0 atom stereocenters. The maximum atomic E-state index is 11.2. The normalized spacial score (nSPS) is 10.7. The Bertz CT molecular complexity index is 1210. The molecule has 29 heavy (non-hydrogen) atoms. The number of hydrogen-bond donors (Lipinski definition) is 1. The number of nitro groups is 1. The summed E-state index contributed by atoms with van der Waals surface area (Å²) in [5.41, 5.74) is 2.25. The van der Waals surface area contributed by atoms with Gasteiger partial charge >= 0.3 is 0 Å². The second kappa shape index (κ2) is 7.72. The highest BCUT2D eigenvalue weighted by molar-refractivity contribution is 7.17. The van der Waals surface area contributed by atoms with Crippen molar-refractivity contribution < 1.29 is 14.4 Å². The summed E-state index contributed by atoms with van der Waals surface area (Å²) >= 11 is 1.45. The second-order valence-corrected chi connectivity index (χ2v) is 6.91. The van der Waals surface area contributed by atoms with Gasteiger partial charge in [-0.2, -0.15) is 0 Å². The molecule has 0 amide bonds. The molecule has 146 valence electrons. The van der Waals surface area contributed by atoms with Crippen LogP contribution in [-0.4, -0.2) is 29.1 Å². The number of aromatic nitrogens is 2. The first kappa shape index (κ1) is 18.6. The van der Waals surface area contributed by atoms with E-state index in [0.29, 0.717) is 23.0 Å². The van der Waals surface area contributed by atoms with Crippen molar-refractivity contribution in [2.45, 2.75) is 0 Å². The molecule has 0 fully saturated rings. The first-order valence-electron chi connectivity index (χ1n) is 8.57. The Kier molecular flexibility index (Phi) is 4.96. The summed E-state index contributed by atoms with van der Waals surface area (Å²) in [4.78, 5) is 20.3. The van der Waals surface area contributed by atoms with Crippen molar-refractivity contribution >= 4 is 38.7 Å². The molecule has 0 aliphatic carbocycles. The Morgan fingerprint density at radius 3 is 2.72 bits per heavy atom. The standard InChI is InChI=1S/C20H16N4O4S/c1-27-14-6-7-17(28-2)16(9-14)23-19-18-15(10-29-20(18)22-11-21-19)12-4-3-5-13(8-12)24(25)26/h3-11H,1-2H3,(H,21,22,23). The van der Waals surface area contributed by atoms with Crippen LogP contribution in [0.15, 0.2) is 54.2 Å². The molecule has 0 saturated carbocycles. The van der Waals surface area contributed by atoms with Crippen LogP contribution in [0.2, 0.25) is 0 Å². The van der Waals surface area contributed by atoms with E-state index in [1.54, 1.807) is 38.5 Å². The molecule has 0 unspecified atom stereocenters. The summed E-state index contributed by atoms with van der Waals surface area (Å²) < 4.78 is 10.7. The zero-order valence-corrected chi connectivity index (χ0v) is 16.4. The fourth-order valence-corrected chi connectivity index (χ4v) is 3.92. The lowest BCUT2D eigenvalue weighted by Gasteiger charge is -2.13. The van der Waals surface area contributed by atoms with Gasteiger partial charge in [-0.25, -0.2) is 9.97 Å². The summed E-state index contributed by atoms with van der Waals surface area (Å²) in [7, 11) is 3.18. The molecule has 4 rings (SSSR count). The van der Waals surface area contributed by atoms with E-state index in [1.165, 1.54) is 23.7 Å². The highest BCUT2D eigenvalue weighted by Gasteiger charge is 2.17. The highest BCUT2D eigenvalue weighted by Crippen LogP contribution is 2.40. The van der Waals surface area contributed by atoms with Crippen molar-refractivity contribution in [1.82, 2.24) is 9.97 Å².